The van der Waals surface area contributed by atoms with Gasteiger partial charge in [-0.1, -0.05) is 19.9 Å². The number of rotatable bonds is 4. The monoisotopic (exact) mass is 457 g/mol. The largest absolute Gasteiger partial charge is 0.507 e. The van der Waals surface area contributed by atoms with Gasteiger partial charge < -0.3 is 20.7 Å². The number of benzene rings is 1. The Balaban J connectivity index is 1.87. The molecule has 0 aromatic heterocycles. The molecule has 176 valence electrons. The fourth-order valence-corrected chi connectivity index (χ4v) is 6.21. The van der Waals surface area contributed by atoms with Crippen molar-refractivity contribution in [3.63, 3.8) is 0 Å². The van der Waals surface area contributed by atoms with Crippen LogP contribution in [0.4, 0.5) is 0 Å². The van der Waals surface area contributed by atoms with Gasteiger partial charge in [-0.2, -0.15) is 0 Å². The summed E-state index contributed by atoms with van der Waals surface area (Å²) in [6, 6.07) is 2.99. The van der Waals surface area contributed by atoms with Crippen LogP contribution in [0.15, 0.2) is 12.1 Å². The maximum Gasteiger partial charge on any atom is 0.235 e. The molecule has 0 heterocycles. The normalized spacial score (nSPS) is 33.5. The van der Waals surface area contributed by atoms with E-state index in [1.807, 2.05) is 0 Å². The maximum atomic E-state index is 13.6. The summed E-state index contributed by atoms with van der Waals surface area (Å²) in [5, 5.41) is 21.9. The zero-order chi connectivity index (χ0) is 24.4. The van der Waals surface area contributed by atoms with Gasteiger partial charge in [0.05, 0.1) is 18.1 Å². The molecule has 1 aromatic rings. The second-order valence-corrected chi connectivity index (χ2v) is 9.68. The third kappa shape index (κ3) is 3.09. The zero-order valence-electron chi connectivity index (χ0n) is 18.7. The highest BCUT2D eigenvalue weighted by Gasteiger charge is 2.69. The molecule has 4 N–H and O–H groups in total. The first-order valence-corrected chi connectivity index (χ1v) is 11.0. The van der Waals surface area contributed by atoms with Gasteiger partial charge in [-0.3, -0.25) is 24.0 Å². The lowest BCUT2D eigenvalue weighted by Gasteiger charge is -2.52. The molecule has 3 aliphatic carbocycles. The van der Waals surface area contributed by atoms with E-state index < -0.39 is 64.2 Å². The summed E-state index contributed by atoms with van der Waals surface area (Å²) in [7, 11) is 1.50. The van der Waals surface area contributed by atoms with E-state index in [4.69, 9.17) is 10.5 Å². The van der Waals surface area contributed by atoms with Crippen molar-refractivity contribution in [2.24, 2.45) is 41.2 Å². The number of aliphatic hydroxyl groups is 1. The van der Waals surface area contributed by atoms with E-state index in [1.165, 1.54) is 13.2 Å². The van der Waals surface area contributed by atoms with E-state index in [2.05, 4.69) is 0 Å². The Morgan fingerprint density at radius 3 is 2.45 bits per heavy atom. The number of ketones is 4. The zero-order valence-corrected chi connectivity index (χ0v) is 18.7. The van der Waals surface area contributed by atoms with Crippen LogP contribution < -0.4 is 5.73 Å². The predicted octanol–water partition coefficient (Wildman–Crippen LogP) is 0.355. The molecule has 33 heavy (non-hydrogen) atoms. The predicted molar refractivity (Wildman–Crippen MR) is 113 cm³/mol. The summed E-state index contributed by atoms with van der Waals surface area (Å²) in [5.41, 5.74) is 3.87. The minimum absolute atomic E-state index is 0.0209. The number of nitrogens with two attached hydrogens (primary N) is 1. The molecule has 9 heteroatoms. The van der Waals surface area contributed by atoms with Crippen LogP contribution in [0, 0.1) is 35.5 Å². The second-order valence-electron chi connectivity index (χ2n) is 9.68. The molecule has 0 radical (unpaired) electrons. The van der Waals surface area contributed by atoms with Gasteiger partial charge in [0.2, 0.25) is 5.91 Å². The highest BCUT2D eigenvalue weighted by Crippen LogP contribution is 2.53. The summed E-state index contributed by atoms with van der Waals surface area (Å²) < 4.78 is 5.21. The molecule has 1 amide bonds. The van der Waals surface area contributed by atoms with Crippen LogP contribution in [0.25, 0.3) is 0 Å². The number of methoxy groups -OCH3 is 1. The first-order valence-electron chi connectivity index (χ1n) is 11.0. The van der Waals surface area contributed by atoms with Gasteiger partial charge in [0.15, 0.2) is 34.7 Å². The number of amides is 1. The van der Waals surface area contributed by atoms with Crippen LogP contribution in [-0.2, 0) is 36.9 Å². The van der Waals surface area contributed by atoms with Crippen LogP contribution in [0.3, 0.4) is 0 Å². The number of Topliss-reactive ketones (excluding diaryl/α,β-unsaturated/α-hetero) is 4. The van der Waals surface area contributed by atoms with Crippen LogP contribution in [-0.4, -0.2) is 52.0 Å². The smallest absolute Gasteiger partial charge is 0.235 e. The van der Waals surface area contributed by atoms with E-state index in [0.717, 1.165) is 0 Å². The first-order chi connectivity index (χ1) is 15.5. The molecule has 2 fully saturated rings. The van der Waals surface area contributed by atoms with Crippen LogP contribution in [0.1, 0.15) is 41.8 Å². The lowest BCUT2D eigenvalue weighted by Crippen LogP contribution is -2.71. The van der Waals surface area contributed by atoms with Crippen molar-refractivity contribution in [1.29, 1.82) is 0 Å². The lowest BCUT2D eigenvalue weighted by molar-refractivity contribution is -0.182. The summed E-state index contributed by atoms with van der Waals surface area (Å²) in [6.45, 7) is 3.62. The van der Waals surface area contributed by atoms with Gasteiger partial charge in [-0.05, 0) is 41.9 Å². The molecule has 4 rings (SSSR count). The van der Waals surface area contributed by atoms with Gasteiger partial charge in [0, 0.05) is 18.9 Å². The Labute approximate surface area is 190 Å². The van der Waals surface area contributed by atoms with E-state index in [-0.39, 0.29) is 36.7 Å². The topological polar surface area (TPSA) is 161 Å². The van der Waals surface area contributed by atoms with Gasteiger partial charge in [-0.25, -0.2) is 0 Å². The van der Waals surface area contributed by atoms with E-state index >= 15 is 0 Å². The number of primary amides is 1. The van der Waals surface area contributed by atoms with Gasteiger partial charge in [0.25, 0.3) is 0 Å². The molecule has 3 aliphatic rings. The summed E-state index contributed by atoms with van der Waals surface area (Å²) in [5.74, 6) is -11.5. The molecular weight excluding hydrogens is 430 g/mol. The molecule has 0 bridgehead atoms. The molecule has 0 aliphatic heterocycles. The maximum absolute atomic E-state index is 13.6. The lowest BCUT2D eigenvalue weighted by atomic mass is 9.49. The minimum Gasteiger partial charge on any atom is -0.507 e. The average molecular weight is 457 g/mol. The summed E-state index contributed by atoms with van der Waals surface area (Å²) in [6.07, 6.45) is 0.301. The van der Waals surface area contributed by atoms with Crippen LogP contribution in [0.5, 0.6) is 5.75 Å². The third-order valence-electron chi connectivity index (χ3n) is 7.59. The number of carbonyl (C=O) groups excluding carboxylic acids is 5. The van der Waals surface area contributed by atoms with Crippen LogP contribution in [0.2, 0.25) is 0 Å². The Morgan fingerprint density at radius 1 is 1.21 bits per heavy atom. The van der Waals surface area contributed by atoms with E-state index in [0.29, 0.717) is 11.1 Å². The highest BCUT2D eigenvalue weighted by atomic mass is 16.5. The highest BCUT2D eigenvalue weighted by molar-refractivity contribution is 6.31. The molecule has 0 saturated heterocycles. The summed E-state index contributed by atoms with van der Waals surface area (Å²) >= 11 is 0. The van der Waals surface area contributed by atoms with Crippen molar-refractivity contribution in [3.05, 3.63) is 28.8 Å². The van der Waals surface area contributed by atoms with Crippen molar-refractivity contribution in [2.45, 2.75) is 38.9 Å². The number of phenolic OH excluding ortho intramolecular Hbond substituents is 1. The van der Waals surface area contributed by atoms with Gasteiger partial charge in [-0.15, -0.1) is 0 Å². The van der Waals surface area contributed by atoms with Crippen LogP contribution >= 0.6 is 0 Å². The number of ether oxygens (including phenoxy) is 1. The third-order valence-corrected chi connectivity index (χ3v) is 7.59. The molecule has 6 atom stereocenters. The number of phenols is 1. The number of fused-ring (bicyclic) bond motifs is 3. The Morgan fingerprint density at radius 2 is 1.88 bits per heavy atom. The van der Waals surface area contributed by atoms with Crippen molar-refractivity contribution >= 4 is 29.0 Å². The van der Waals surface area contributed by atoms with Crippen molar-refractivity contribution in [2.75, 3.05) is 7.11 Å². The number of hydrogen-bond acceptors (Lipinski definition) is 8. The second kappa shape index (κ2) is 7.85. The Hall–Kier alpha value is -2.91. The molecule has 2 saturated carbocycles. The van der Waals surface area contributed by atoms with Crippen molar-refractivity contribution < 1.29 is 38.9 Å². The molecule has 1 aromatic carbocycles. The van der Waals surface area contributed by atoms with Crippen molar-refractivity contribution in [3.8, 4) is 5.75 Å². The number of aromatic hydroxyl groups is 1. The first kappa shape index (κ1) is 23.3. The SMILES string of the molecule is COCc1ccc(O)c2c1C[C@H]1C[C@H]3[C@H](C(C)C)C(=O)C(C(N)=O)C(=O)[C@@]3(O)C(=O)C1C2=O. The quantitative estimate of drug-likeness (QED) is 0.546. The Kier molecular flexibility index (Phi) is 5.53. The summed E-state index contributed by atoms with van der Waals surface area (Å²) in [4.78, 5) is 65.3. The minimum atomic E-state index is -2.67. The van der Waals surface area contributed by atoms with E-state index in [1.54, 1.807) is 19.9 Å². The molecule has 2 unspecified atom stereocenters. The molecule has 0 spiro atoms. The fourth-order valence-electron chi connectivity index (χ4n) is 6.21. The number of hydrogen-bond donors (Lipinski definition) is 3. The van der Waals surface area contributed by atoms with Gasteiger partial charge in [0.1, 0.15) is 5.75 Å². The number of carbonyl (C=O) groups is 5. The van der Waals surface area contributed by atoms with Crippen molar-refractivity contribution in [1.82, 2.24) is 0 Å². The molecule has 9 nitrogen and oxygen atoms in total. The standard InChI is InChI=1S/C24H27NO8/c1-9(2)15-13-7-11-6-12-10(8-33-3)4-5-14(26)17(12)20(28)16(11)21(29)24(13,32)22(30)18(19(15)27)23(25)31/h4-5,9,11,13,15-16,18,26,32H,6-8H2,1-3H3,(H2,25,31)/t11-,13-,15-,16?,18?,24-/m0/s1. The Bertz CT molecular complexity index is 1090. The average Bonchev–Trinajstić information content (AvgIpc) is 2.72. The molecular formula is C24H27NO8. The van der Waals surface area contributed by atoms with E-state index in [9.17, 15) is 34.2 Å². The van der Waals surface area contributed by atoms with Gasteiger partial charge >= 0.3 is 0 Å². The fraction of sp³-hybridized carbons (Fsp3) is 0.542.